The largest absolute Gasteiger partial charge is 0.370 e. The summed E-state index contributed by atoms with van der Waals surface area (Å²) < 4.78 is 22.0. The number of carbonyl (C=O) groups is 1. The summed E-state index contributed by atoms with van der Waals surface area (Å²) in [5, 5.41) is 2.61. The zero-order valence-electron chi connectivity index (χ0n) is 12.2. The number of nitrogens with one attached hydrogen (secondary N) is 1. The molecule has 1 amide bonds. The number of nitrogens with zero attached hydrogens (tertiary/aromatic N) is 2. The monoisotopic (exact) mass is 311 g/mol. The van der Waals surface area contributed by atoms with Crippen LogP contribution in [-0.4, -0.2) is 44.4 Å². The minimum atomic E-state index is -3.12. The summed E-state index contributed by atoms with van der Waals surface area (Å²) in [5.74, 6) is -0.0297. The number of hydrogen-bond donors (Lipinski definition) is 1. The number of anilines is 2. The molecule has 1 N–H and O–H groups in total. The van der Waals surface area contributed by atoms with Crippen molar-refractivity contribution in [2.45, 2.75) is 25.7 Å². The number of sulfone groups is 1. The first-order valence-corrected chi connectivity index (χ1v) is 9.19. The van der Waals surface area contributed by atoms with Crippen LogP contribution in [0.5, 0.6) is 0 Å². The fraction of sp³-hybridized carbons (Fsp3) is 0.571. The highest BCUT2D eigenvalue weighted by atomic mass is 32.2. The number of pyridine rings is 1. The Hall–Kier alpha value is -1.63. The summed E-state index contributed by atoms with van der Waals surface area (Å²) in [5.41, 5.74) is 1.06. The molecule has 1 fully saturated rings. The fourth-order valence-electron chi connectivity index (χ4n) is 2.28. The predicted molar refractivity (Wildman–Crippen MR) is 83.3 cm³/mol. The van der Waals surface area contributed by atoms with Crippen molar-refractivity contribution in [3.8, 4) is 0 Å². The van der Waals surface area contributed by atoms with Crippen LogP contribution < -0.4 is 10.2 Å². The highest BCUT2D eigenvalue weighted by Crippen LogP contribution is 2.19. The summed E-state index contributed by atoms with van der Waals surface area (Å²) in [6.07, 6.45) is 6.49. The third-order valence-electron chi connectivity index (χ3n) is 3.44. The maximum absolute atomic E-state index is 11.6. The van der Waals surface area contributed by atoms with Crippen molar-refractivity contribution in [2.24, 2.45) is 0 Å². The van der Waals surface area contributed by atoms with Gasteiger partial charge < -0.3 is 10.2 Å². The molecular formula is C14H21N3O3S. The molecule has 0 saturated carbocycles. The Morgan fingerprint density at radius 1 is 1.29 bits per heavy atom. The third-order valence-corrected chi connectivity index (χ3v) is 4.38. The topological polar surface area (TPSA) is 79.4 Å². The molecule has 0 bridgehead atoms. The standard InChI is InChI=1S/C14H21N3O3S/c1-21(19,20)10-7-14(18)16-13-6-5-12(11-15-13)17-8-3-2-4-9-17/h5-6,11H,2-4,7-10H2,1H3,(H,15,16,18). The second kappa shape index (κ2) is 6.89. The molecule has 21 heavy (non-hydrogen) atoms. The molecule has 0 radical (unpaired) electrons. The predicted octanol–water partition coefficient (Wildman–Crippen LogP) is 1.45. The molecule has 0 aromatic carbocycles. The van der Waals surface area contributed by atoms with E-state index >= 15 is 0 Å². The van der Waals surface area contributed by atoms with Crippen molar-refractivity contribution < 1.29 is 13.2 Å². The lowest BCUT2D eigenvalue weighted by molar-refractivity contribution is -0.115. The van der Waals surface area contributed by atoms with Crippen molar-refractivity contribution in [1.29, 1.82) is 0 Å². The van der Waals surface area contributed by atoms with Crippen molar-refractivity contribution >= 4 is 27.2 Å². The summed E-state index contributed by atoms with van der Waals surface area (Å²) in [4.78, 5) is 18.1. The third kappa shape index (κ3) is 5.34. The molecule has 1 aromatic heterocycles. The smallest absolute Gasteiger partial charge is 0.226 e. The van der Waals surface area contributed by atoms with Gasteiger partial charge in [-0.25, -0.2) is 13.4 Å². The first-order valence-electron chi connectivity index (χ1n) is 7.13. The normalized spacial score (nSPS) is 15.8. The van der Waals surface area contributed by atoms with E-state index in [4.69, 9.17) is 0 Å². The number of aromatic nitrogens is 1. The van der Waals surface area contributed by atoms with E-state index in [1.165, 1.54) is 19.3 Å². The van der Waals surface area contributed by atoms with Crippen LogP contribution in [0.25, 0.3) is 0 Å². The highest BCUT2D eigenvalue weighted by Gasteiger charge is 2.12. The van der Waals surface area contributed by atoms with Crippen LogP contribution in [0.15, 0.2) is 18.3 Å². The Balaban J connectivity index is 1.88. The van der Waals surface area contributed by atoms with Gasteiger partial charge in [0.25, 0.3) is 0 Å². The maximum Gasteiger partial charge on any atom is 0.226 e. The number of hydrogen-bond acceptors (Lipinski definition) is 5. The lowest BCUT2D eigenvalue weighted by Gasteiger charge is -2.28. The number of rotatable bonds is 5. The van der Waals surface area contributed by atoms with Crippen LogP contribution in [0.1, 0.15) is 25.7 Å². The van der Waals surface area contributed by atoms with Gasteiger partial charge in [0.05, 0.1) is 17.6 Å². The Morgan fingerprint density at radius 3 is 2.57 bits per heavy atom. The van der Waals surface area contributed by atoms with Gasteiger partial charge in [-0.3, -0.25) is 4.79 Å². The van der Waals surface area contributed by atoms with Gasteiger partial charge >= 0.3 is 0 Å². The Bertz CT molecular complexity index is 578. The SMILES string of the molecule is CS(=O)(=O)CCC(=O)Nc1ccc(N2CCCCC2)cn1. The van der Waals surface area contributed by atoms with E-state index in [0.29, 0.717) is 5.82 Å². The quantitative estimate of drug-likeness (QED) is 0.890. The molecule has 1 saturated heterocycles. The maximum atomic E-state index is 11.6. The van der Waals surface area contributed by atoms with E-state index in [1.54, 1.807) is 12.3 Å². The molecule has 1 aliphatic heterocycles. The van der Waals surface area contributed by atoms with E-state index < -0.39 is 9.84 Å². The number of carbonyl (C=O) groups excluding carboxylic acids is 1. The van der Waals surface area contributed by atoms with Crippen molar-refractivity contribution in [3.63, 3.8) is 0 Å². The molecule has 2 rings (SSSR count). The van der Waals surface area contributed by atoms with E-state index in [2.05, 4.69) is 15.2 Å². The van der Waals surface area contributed by atoms with Crippen molar-refractivity contribution in [3.05, 3.63) is 18.3 Å². The number of amides is 1. The minimum Gasteiger partial charge on any atom is -0.370 e. The summed E-state index contributed by atoms with van der Waals surface area (Å²) in [6, 6.07) is 3.69. The van der Waals surface area contributed by atoms with Gasteiger partial charge in [0, 0.05) is 25.8 Å². The lowest BCUT2D eigenvalue weighted by Crippen LogP contribution is -2.29. The van der Waals surface area contributed by atoms with E-state index in [0.717, 1.165) is 25.0 Å². The van der Waals surface area contributed by atoms with Crippen LogP contribution in [0.4, 0.5) is 11.5 Å². The van der Waals surface area contributed by atoms with Crippen LogP contribution in [0, 0.1) is 0 Å². The van der Waals surface area contributed by atoms with Gasteiger partial charge in [-0.05, 0) is 31.4 Å². The van der Waals surface area contributed by atoms with Gasteiger partial charge in [-0.15, -0.1) is 0 Å². The molecule has 6 nitrogen and oxygen atoms in total. The molecule has 7 heteroatoms. The van der Waals surface area contributed by atoms with Crippen LogP contribution >= 0.6 is 0 Å². The van der Waals surface area contributed by atoms with Crippen LogP contribution in [0.3, 0.4) is 0 Å². The Labute approximate surface area is 125 Å². The molecule has 2 heterocycles. The molecule has 0 spiro atoms. The van der Waals surface area contributed by atoms with Gasteiger partial charge in [0.1, 0.15) is 15.7 Å². The number of piperidine rings is 1. The Kier molecular flexibility index (Phi) is 5.17. The van der Waals surface area contributed by atoms with E-state index in [1.807, 2.05) is 6.07 Å². The second-order valence-electron chi connectivity index (χ2n) is 5.38. The molecule has 0 aliphatic carbocycles. The Morgan fingerprint density at radius 2 is 2.00 bits per heavy atom. The van der Waals surface area contributed by atoms with Crippen LogP contribution in [0.2, 0.25) is 0 Å². The average Bonchev–Trinajstić information content (AvgIpc) is 2.46. The van der Waals surface area contributed by atoms with Gasteiger partial charge in [0.15, 0.2) is 0 Å². The van der Waals surface area contributed by atoms with E-state index in [-0.39, 0.29) is 18.1 Å². The van der Waals surface area contributed by atoms with E-state index in [9.17, 15) is 13.2 Å². The highest BCUT2D eigenvalue weighted by molar-refractivity contribution is 7.90. The summed E-state index contributed by atoms with van der Waals surface area (Å²) >= 11 is 0. The minimum absolute atomic E-state index is 0.0472. The van der Waals surface area contributed by atoms with Gasteiger partial charge in [-0.1, -0.05) is 0 Å². The van der Waals surface area contributed by atoms with Crippen LogP contribution in [-0.2, 0) is 14.6 Å². The molecule has 116 valence electrons. The van der Waals surface area contributed by atoms with Crippen molar-refractivity contribution in [1.82, 2.24) is 4.98 Å². The average molecular weight is 311 g/mol. The molecule has 1 aromatic rings. The molecule has 0 atom stereocenters. The summed E-state index contributed by atoms with van der Waals surface area (Å²) in [6.45, 7) is 2.09. The van der Waals surface area contributed by atoms with Gasteiger partial charge in [-0.2, -0.15) is 0 Å². The zero-order valence-corrected chi connectivity index (χ0v) is 13.0. The molecule has 1 aliphatic rings. The fourth-order valence-corrected chi connectivity index (χ4v) is 2.84. The first kappa shape index (κ1) is 15.8. The molecular weight excluding hydrogens is 290 g/mol. The second-order valence-corrected chi connectivity index (χ2v) is 7.64. The van der Waals surface area contributed by atoms with Gasteiger partial charge in [0.2, 0.25) is 5.91 Å². The first-order chi connectivity index (χ1) is 9.94. The summed E-state index contributed by atoms with van der Waals surface area (Å²) in [7, 11) is -3.12. The molecule has 0 unspecified atom stereocenters. The van der Waals surface area contributed by atoms with Crippen molar-refractivity contribution in [2.75, 3.05) is 35.3 Å². The lowest BCUT2D eigenvalue weighted by atomic mass is 10.1. The zero-order chi connectivity index (χ0) is 15.3.